The lowest BCUT2D eigenvalue weighted by Crippen LogP contribution is -2.53. The Balaban J connectivity index is 0.000000612. The van der Waals surface area contributed by atoms with E-state index in [-0.39, 0.29) is 11.8 Å². The molecule has 5 N–H and O–H groups in total. The number of hydrogen-bond acceptors (Lipinski definition) is 5. The number of fused-ring (bicyclic) bond motifs is 1. The van der Waals surface area contributed by atoms with Crippen molar-refractivity contribution in [2.45, 2.75) is 58.5 Å². The lowest BCUT2D eigenvalue weighted by molar-refractivity contribution is -0.159. The standard InChI is InChI=1S/C18H27N3O2.C2H2O4/c1-4-6-9-20-17(22)16-11-13-10-12(3)7-8-15(13)21(16)18(23)14(19)5-2;3-1(4)2(5)6/h7-8,10,14,16H,4-6,9,11,19H2,1-3H3,(H,20,22);(H,3,4)(H,5,6)/t14-,16+;/m1./s1. The Hall–Kier alpha value is -2.94. The summed E-state index contributed by atoms with van der Waals surface area (Å²) in [7, 11) is 0. The SMILES string of the molecule is CCCCNC(=O)[C@@H]1Cc2cc(C)ccc2N1C(=O)[C@H](N)CC.O=C(O)C(=O)O. The van der Waals surface area contributed by atoms with Gasteiger partial charge >= 0.3 is 11.9 Å². The van der Waals surface area contributed by atoms with E-state index in [1.54, 1.807) is 4.90 Å². The number of unbranched alkanes of at least 4 members (excludes halogenated alkanes) is 1. The van der Waals surface area contributed by atoms with E-state index in [0.717, 1.165) is 29.7 Å². The second-order valence-corrected chi connectivity index (χ2v) is 6.83. The second-order valence-electron chi connectivity index (χ2n) is 6.83. The minimum absolute atomic E-state index is 0.0936. The van der Waals surface area contributed by atoms with Gasteiger partial charge in [0.05, 0.1) is 6.04 Å². The molecule has 9 heteroatoms. The molecule has 2 rings (SSSR count). The first kappa shape index (κ1) is 24.1. The summed E-state index contributed by atoms with van der Waals surface area (Å²) in [5.74, 6) is -3.92. The monoisotopic (exact) mass is 407 g/mol. The Morgan fingerprint density at radius 1 is 1.21 bits per heavy atom. The Kier molecular flexibility index (Phi) is 9.27. The van der Waals surface area contributed by atoms with Crippen LogP contribution in [0, 0.1) is 6.92 Å². The largest absolute Gasteiger partial charge is 0.473 e. The minimum atomic E-state index is -1.82. The van der Waals surface area contributed by atoms with Crippen molar-refractivity contribution in [2.24, 2.45) is 5.73 Å². The lowest BCUT2D eigenvalue weighted by Gasteiger charge is -2.27. The first-order valence-electron chi connectivity index (χ1n) is 9.56. The second kappa shape index (κ2) is 11.2. The topological polar surface area (TPSA) is 150 Å². The summed E-state index contributed by atoms with van der Waals surface area (Å²) in [6, 6.07) is 4.87. The first-order chi connectivity index (χ1) is 13.6. The van der Waals surface area contributed by atoms with Gasteiger partial charge in [-0.1, -0.05) is 38.0 Å². The van der Waals surface area contributed by atoms with Crippen molar-refractivity contribution in [1.82, 2.24) is 5.32 Å². The predicted molar refractivity (Wildman–Crippen MR) is 108 cm³/mol. The average Bonchev–Trinajstić information content (AvgIpc) is 3.05. The number of aryl methyl sites for hydroxylation is 1. The van der Waals surface area contributed by atoms with Gasteiger partial charge in [0.15, 0.2) is 0 Å². The van der Waals surface area contributed by atoms with E-state index >= 15 is 0 Å². The molecule has 2 amide bonds. The normalized spacial score (nSPS) is 15.6. The zero-order valence-electron chi connectivity index (χ0n) is 17.0. The van der Waals surface area contributed by atoms with Crippen molar-refractivity contribution in [2.75, 3.05) is 11.4 Å². The molecular formula is C20H29N3O6. The highest BCUT2D eigenvalue weighted by molar-refractivity contribution is 6.27. The number of amides is 2. The molecule has 0 saturated heterocycles. The quantitative estimate of drug-likeness (QED) is 0.407. The summed E-state index contributed by atoms with van der Waals surface area (Å²) in [6.45, 7) is 6.61. The van der Waals surface area contributed by atoms with Crippen LogP contribution in [0.25, 0.3) is 0 Å². The highest BCUT2D eigenvalue weighted by Gasteiger charge is 2.39. The molecule has 2 atom stereocenters. The van der Waals surface area contributed by atoms with Gasteiger partial charge in [0.1, 0.15) is 6.04 Å². The summed E-state index contributed by atoms with van der Waals surface area (Å²) in [5, 5.41) is 17.7. The number of hydrogen-bond donors (Lipinski definition) is 4. The maximum Gasteiger partial charge on any atom is 0.414 e. The maximum absolute atomic E-state index is 12.7. The van der Waals surface area contributed by atoms with Crippen LogP contribution in [0.1, 0.15) is 44.2 Å². The minimum Gasteiger partial charge on any atom is -0.473 e. The summed E-state index contributed by atoms with van der Waals surface area (Å²) in [4.78, 5) is 45.0. The van der Waals surface area contributed by atoms with E-state index in [2.05, 4.69) is 12.2 Å². The van der Waals surface area contributed by atoms with Crippen LogP contribution in [0.15, 0.2) is 18.2 Å². The third-order valence-electron chi connectivity index (χ3n) is 4.53. The van der Waals surface area contributed by atoms with Crippen molar-refractivity contribution in [1.29, 1.82) is 0 Å². The van der Waals surface area contributed by atoms with E-state index in [4.69, 9.17) is 25.5 Å². The van der Waals surface area contributed by atoms with E-state index < -0.39 is 24.0 Å². The highest BCUT2D eigenvalue weighted by atomic mass is 16.4. The van der Waals surface area contributed by atoms with Gasteiger partial charge in [0.2, 0.25) is 11.8 Å². The number of carbonyl (C=O) groups excluding carboxylic acids is 2. The molecule has 0 fully saturated rings. The molecule has 160 valence electrons. The van der Waals surface area contributed by atoms with Crippen molar-refractivity contribution in [3.8, 4) is 0 Å². The molecule has 0 saturated carbocycles. The highest BCUT2D eigenvalue weighted by Crippen LogP contribution is 2.33. The molecule has 0 bridgehead atoms. The number of rotatable bonds is 6. The third kappa shape index (κ3) is 6.56. The van der Waals surface area contributed by atoms with Crippen LogP contribution in [-0.4, -0.2) is 52.6 Å². The number of nitrogens with two attached hydrogens (primary N) is 1. The Morgan fingerprint density at radius 3 is 2.34 bits per heavy atom. The molecule has 0 aliphatic carbocycles. The van der Waals surface area contributed by atoms with Crippen molar-refractivity contribution in [3.63, 3.8) is 0 Å². The number of carboxylic acid groups (broad SMARTS) is 2. The fraction of sp³-hybridized carbons (Fsp3) is 0.500. The van der Waals surface area contributed by atoms with E-state index in [1.165, 1.54) is 0 Å². The van der Waals surface area contributed by atoms with Crippen LogP contribution in [0.4, 0.5) is 5.69 Å². The summed E-state index contributed by atoms with van der Waals surface area (Å²) >= 11 is 0. The zero-order chi connectivity index (χ0) is 22.1. The Labute approximate surface area is 169 Å². The van der Waals surface area contributed by atoms with Crippen LogP contribution in [0.5, 0.6) is 0 Å². The molecule has 1 aromatic carbocycles. The van der Waals surface area contributed by atoms with Gasteiger partial charge in [-0.3, -0.25) is 14.5 Å². The molecule has 0 spiro atoms. The summed E-state index contributed by atoms with van der Waals surface area (Å²) in [5.41, 5.74) is 8.93. The lowest BCUT2D eigenvalue weighted by atomic mass is 10.1. The molecular weight excluding hydrogens is 378 g/mol. The third-order valence-corrected chi connectivity index (χ3v) is 4.53. The number of carboxylic acids is 2. The van der Waals surface area contributed by atoms with Crippen LogP contribution in [0.2, 0.25) is 0 Å². The molecule has 29 heavy (non-hydrogen) atoms. The molecule has 0 aromatic heterocycles. The van der Waals surface area contributed by atoms with Crippen LogP contribution in [0.3, 0.4) is 0 Å². The molecule has 1 aromatic rings. The van der Waals surface area contributed by atoms with Gasteiger partial charge in [-0.05, 0) is 31.4 Å². The number of anilines is 1. The van der Waals surface area contributed by atoms with Crippen molar-refractivity contribution in [3.05, 3.63) is 29.3 Å². The van der Waals surface area contributed by atoms with Crippen LogP contribution < -0.4 is 16.0 Å². The average molecular weight is 407 g/mol. The van der Waals surface area contributed by atoms with Crippen LogP contribution in [-0.2, 0) is 25.6 Å². The first-order valence-corrected chi connectivity index (χ1v) is 9.56. The van der Waals surface area contributed by atoms with Gasteiger partial charge in [0.25, 0.3) is 0 Å². The number of carbonyl (C=O) groups is 4. The Morgan fingerprint density at radius 2 is 1.83 bits per heavy atom. The van der Waals surface area contributed by atoms with E-state index in [9.17, 15) is 9.59 Å². The zero-order valence-corrected chi connectivity index (χ0v) is 17.0. The number of nitrogens with one attached hydrogen (secondary N) is 1. The van der Waals surface area contributed by atoms with Gasteiger partial charge in [-0.15, -0.1) is 0 Å². The molecule has 0 unspecified atom stereocenters. The predicted octanol–water partition coefficient (Wildman–Crippen LogP) is 1.06. The van der Waals surface area contributed by atoms with Crippen molar-refractivity contribution < 1.29 is 29.4 Å². The maximum atomic E-state index is 12.7. The van der Waals surface area contributed by atoms with E-state index in [1.807, 2.05) is 32.0 Å². The molecule has 9 nitrogen and oxygen atoms in total. The molecule has 1 aliphatic heterocycles. The van der Waals surface area contributed by atoms with Gasteiger partial charge in [-0.2, -0.15) is 0 Å². The number of benzene rings is 1. The number of nitrogens with zero attached hydrogens (tertiary/aromatic N) is 1. The fourth-order valence-electron chi connectivity index (χ4n) is 2.92. The Bertz CT molecular complexity index is 753. The van der Waals surface area contributed by atoms with Gasteiger partial charge in [0, 0.05) is 18.7 Å². The number of aliphatic carboxylic acids is 2. The summed E-state index contributed by atoms with van der Waals surface area (Å²) < 4.78 is 0. The smallest absolute Gasteiger partial charge is 0.414 e. The van der Waals surface area contributed by atoms with Gasteiger partial charge < -0.3 is 21.3 Å². The molecule has 1 aliphatic rings. The van der Waals surface area contributed by atoms with Gasteiger partial charge in [-0.25, -0.2) is 9.59 Å². The van der Waals surface area contributed by atoms with E-state index in [0.29, 0.717) is 19.4 Å². The molecule has 1 heterocycles. The van der Waals surface area contributed by atoms with Crippen molar-refractivity contribution >= 4 is 29.4 Å². The molecule has 0 radical (unpaired) electrons. The van der Waals surface area contributed by atoms with Crippen LogP contribution >= 0.6 is 0 Å². The fourth-order valence-corrected chi connectivity index (χ4v) is 2.92. The summed E-state index contributed by atoms with van der Waals surface area (Å²) in [6.07, 6.45) is 3.07.